The Hall–Kier alpha value is -1.61. The van der Waals surface area contributed by atoms with E-state index in [0.717, 1.165) is 5.56 Å². The van der Waals surface area contributed by atoms with Gasteiger partial charge in [-0.25, -0.2) is 4.79 Å². The molecule has 3 heteroatoms. The van der Waals surface area contributed by atoms with Crippen LogP contribution in [-0.2, 0) is 9.53 Å². The van der Waals surface area contributed by atoms with Gasteiger partial charge in [0.25, 0.3) is 0 Å². The fourth-order valence-electron chi connectivity index (χ4n) is 1.35. The van der Waals surface area contributed by atoms with E-state index >= 15 is 0 Å². The van der Waals surface area contributed by atoms with Crippen molar-refractivity contribution in [2.45, 2.75) is 13.0 Å². The monoisotopic (exact) mass is 206 g/mol. The maximum atomic E-state index is 11.2. The zero-order chi connectivity index (χ0) is 11.3. The second-order valence-electron chi connectivity index (χ2n) is 3.04. The summed E-state index contributed by atoms with van der Waals surface area (Å²) in [5.41, 5.74) is 1.38. The number of carbonyl (C=O) groups excluding carboxylic acids is 1. The highest BCUT2D eigenvalue weighted by Crippen LogP contribution is 2.18. The average molecular weight is 206 g/mol. The number of methoxy groups -OCH3 is 1. The fourth-order valence-corrected chi connectivity index (χ4v) is 1.35. The van der Waals surface area contributed by atoms with Crippen molar-refractivity contribution in [1.29, 1.82) is 0 Å². The van der Waals surface area contributed by atoms with Crippen molar-refractivity contribution in [2.75, 3.05) is 7.11 Å². The van der Waals surface area contributed by atoms with Gasteiger partial charge in [0.1, 0.15) is 0 Å². The van der Waals surface area contributed by atoms with Crippen molar-refractivity contribution < 1.29 is 14.6 Å². The normalized spacial score (nSPS) is 13.4. The van der Waals surface area contributed by atoms with Crippen LogP contribution in [0.3, 0.4) is 0 Å². The molecule has 1 unspecified atom stereocenters. The lowest BCUT2D eigenvalue weighted by atomic mass is 10.0. The minimum atomic E-state index is -1.22. The van der Waals surface area contributed by atoms with Gasteiger partial charge < -0.3 is 9.84 Å². The molecule has 15 heavy (non-hydrogen) atoms. The van der Waals surface area contributed by atoms with Crippen LogP contribution in [0, 0.1) is 0 Å². The lowest BCUT2D eigenvalue weighted by Gasteiger charge is -2.12. The highest BCUT2D eigenvalue weighted by molar-refractivity contribution is 5.90. The Morgan fingerprint density at radius 1 is 1.40 bits per heavy atom. The van der Waals surface area contributed by atoms with Crippen molar-refractivity contribution in [1.82, 2.24) is 0 Å². The van der Waals surface area contributed by atoms with Crippen molar-refractivity contribution in [2.24, 2.45) is 0 Å². The topological polar surface area (TPSA) is 46.5 Å². The molecule has 1 aromatic carbocycles. The minimum Gasteiger partial charge on any atom is -0.467 e. The van der Waals surface area contributed by atoms with Crippen LogP contribution < -0.4 is 0 Å². The number of hydrogen-bond acceptors (Lipinski definition) is 3. The summed E-state index contributed by atoms with van der Waals surface area (Å²) in [4.78, 5) is 11.2. The molecule has 80 valence electrons. The van der Waals surface area contributed by atoms with E-state index in [1.165, 1.54) is 7.11 Å². The molecule has 0 aliphatic heterocycles. The second kappa shape index (κ2) is 5.32. The average Bonchev–Trinajstić information content (AvgIpc) is 2.30. The van der Waals surface area contributed by atoms with Crippen molar-refractivity contribution in [3.63, 3.8) is 0 Å². The van der Waals surface area contributed by atoms with Gasteiger partial charge >= 0.3 is 5.97 Å². The Balaban J connectivity index is 2.96. The number of aliphatic hydroxyl groups excluding tert-OH is 1. The van der Waals surface area contributed by atoms with E-state index in [1.807, 2.05) is 30.3 Å². The molecule has 0 aromatic heterocycles. The van der Waals surface area contributed by atoms with Gasteiger partial charge in [-0.2, -0.15) is 0 Å². The zero-order valence-corrected chi connectivity index (χ0v) is 8.81. The van der Waals surface area contributed by atoms with Gasteiger partial charge in [-0.15, -0.1) is 0 Å². The van der Waals surface area contributed by atoms with Crippen LogP contribution in [0.4, 0.5) is 0 Å². The van der Waals surface area contributed by atoms with Gasteiger partial charge in [-0.3, -0.25) is 0 Å². The summed E-state index contributed by atoms with van der Waals surface area (Å²) in [5, 5.41) is 9.69. The predicted octanol–water partition coefficient (Wildman–Crippen LogP) is 1.62. The van der Waals surface area contributed by atoms with Gasteiger partial charge in [0.15, 0.2) is 6.10 Å². The zero-order valence-electron chi connectivity index (χ0n) is 8.81. The van der Waals surface area contributed by atoms with Crippen LogP contribution in [0.15, 0.2) is 36.4 Å². The summed E-state index contributed by atoms with van der Waals surface area (Å²) >= 11 is 0. The third kappa shape index (κ3) is 2.67. The molecule has 0 saturated heterocycles. The van der Waals surface area contributed by atoms with Crippen LogP contribution in [0.5, 0.6) is 0 Å². The van der Waals surface area contributed by atoms with E-state index in [9.17, 15) is 9.90 Å². The smallest absolute Gasteiger partial charge is 0.339 e. The predicted molar refractivity (Wildman–Crippen MR) is 58.1 cm³/mol. The number of esters is 1. The third-order valence-electron chi connectivity index (χ3n) is 2.14. The number of rotatable bonds is 3. The molecular weight excluding hydrogens is 192 g/mol. The molecule has 0 amide bonds. The molecule has 0 aliphatic rings. The minimum absolute atomic E-state index is 0.558. The highest BCUT2D eigenvalue weighted by Gasteiger charge is 2.20. The van der Waals surface area contributed by atoms with Crippen molar-refractivity contribution in [3.8, 4) is 0 Å². The van der Waals surface area contributed by atoms with Gasteiger partial charge in [-0.1, -0.05) is 36.4 Å². The van der Waals surface area contributed by atoms with E-state index in [-0.39, 0.29) is 0 Å². The largest absolute Gasteiger partial charge is 0.467 e. The summed E-state index contributed by atoms with van der Waals surface area (Å²) in [5.74, 6) is -0.646. The lowest BCUT2D eigenvalue weighted by Crippen LogP contribution is -2.23. The van der Waals surface area contributed by atoms with Crippen LogP contribution in [0.25, 0.3) is 5.57 Å². The maximum absolute atomic E-state index is 11.2. The number of hydrogen-bond donors (Lipinski definition) is 1. The summed E-state index contributed by atoms with van der Waals surface area (Å²) in [6.45, 7) is 1.77. The molecule has 1 N–H and O–H groups in total. The Bertz CT molecular complexity index is 354. The van der Waals surface area contributed by atoms with E-state index in [4.69, 9.17) is 0 Å². The second-order valence-corrected chi connectivity index (χ2v) is 3.04. The first-order chi connectivity index (χ1) is 7.20. The van der Waals surface area contributed by atoms with Crippen LogP contribution >= 0.6 is 0 Å². The first kappa shape index (κ1) is 11.5. The Morgan fingerprint density at radius 2 is 2.00 bits per heavy atom. The van der Waals surface area contributed by atoms with Crippen LogP contribution in [0.1, 0.15) is 12.5 Å². The summed E-state index contributed by atoms with van der Waals surface area (Å²) in [7, 11) is 1.25. The van der Waals surface area contributed by atoms with Gasteiger partial charge in [0.05, 0.1) is 7.11 Å². The molecule has 1 aromatic rings. The first-order valence-corrected chi connectivity index (χ1v) is 4.68. The molecule has 3 nitrogen and oxygen atoms in total. The number of allylic oxidation sites excluding steroid dienone is 1. The quantitative estimate of drug-likeness (QED) is 0.764. The van der Waals surface area contributed by atoms with E-state index in [1.54, 1.807) is 13.0 Å². The Kier molecular flexibility index (Phi) is 4.06. The highest BCUT2D eigenvalue weighted by atomic mass is 16.5. The third-order valence-corrected chi connectivity index (χ3v) is 2.14. The Morgan fingerprint density at radius 3 is 2.47 bits per heavy atom. The standard InChI is InChI=1S/C12H14O3/c1-3-10(11(13)12(14)15-2)9-7-5-4-6-8-9/h3-8,11,13H,1-2H3. The molecule has 0 fully saturated rings. The van der Waals surface area contributed by atoms with E-state index < -0.39 is 12.1 Å². The number of ether oxygens (including phenoxy) is 1. The summed E-state index contributed by atoms with van der Waals surface area (Å²) < 4.78 is 4.49. The summed E-state index contributed by atoms with van der Waals surface area (Å²) in [6.07, 6.45) is 0.485. The molecular formula is C12H14O3. The molecule has 0 bridgehead atoms. The molecule has 1 rings (SSSR count). The molecule has 0 aliphatic carbocycles. The Labute approximate surface area is 89.0 Å². The lowest BCUT2D eigenvalue weighted by molar-refractivity contribution is -0.147. The number of aliphatic hydroxyl groups is 1. The van der Waals surface area contributed by atoms with Gasteiger partial charge in [0, 0.05) is 0 Å². The van der Waals surface area contributed by atoms with Crippen molar-refractivity contribution >= 4 is 11.5 Å². The van der Waals surface area contributed by atoms with Crippen LogP contribution in [-0.4, -0.2) is 24.3 Å². The SMILES string of the molecule is CC=C(c1ccccc1)C(O)C(=O)OC. The number of carbonyl (C=O) groups is 1. The maximum Gasteiger partial charge on any atom is 0.339 e. The molecule has 1 atom stereocenters. The summed E-state index contributed by atoms with van der Waals surface area (Å²) in [6, 6.07) is 9.25. The van der Waals surface area contributed by atoms with Gasteiger partial charge in [0.2, 0.25) is 0 Å². The van der Waals surface area contributed by atoms with Crippen LogP contribution in [0.2, 0.25) is 0 Å². The molecule has 0 heterocycles. The molecule has 0 saturated carbocycles. The van der Waals surface area contributed by atoms with Gasteiger partial charge in [-0.05, 0) is 18.1 Å². The first-order valence-electron chi connectivity index (χ1n) is 4.68. The van der Waals surface area contributed by atoms with Crippen molar-refractivity contribution in [3.05, 3.63) is 42.0 Å². The molecule has 0 spiro atoms. The molecule has 0 radical (unpaired) electrons. The van der Waals surface area contributed by atoms with E-state index in [2.05, 4.69) is 4.74 Å². The fraction of sp³-hybridized carbons (Fsp3) is 0.250. The van der Waals surface area contributed by atoms with E-state index in [0.29, 0.717) is 5.57 Å². The number of benzene rings is 1.